The van der Waals surface area contributed by atoms with Gasteiger partial charge in [-0.05, 0) is 30.3 Å². The van der Waals surface area contributed by atoms with Crippen molar-refractivity contribution in [1.29, 1.82) is 0 Å². The second-order valence-corrected chi connectivity index (χ2v) is 5.75. The Hall–Kier alpha value is -2.66. The maximum absolute atomic E-state index is 5.32. The molecule has 0 unspecified atom stereocenters. The molecule has 0 atom stereocenters. The molecule has 0 amide bonds. The van der Waals surface area contributed by atoms with Crippen LogP contribution in [0.25, 0.3) is 32.7 Å². The van der Waals surface area contributed by atoms with Gasteiger partial charge < -0.3 is 9.72 Å². The summed E-state index contributed by atoms with van der Waals surface area (Å²) in [6.07, 6.45) is 5.59. The van der Waals surface area contributed by atoms with Crippen molar-refractivity contribution in [3.63, 3.8) is 0 Å². The Labute approximate surface area is 131 Å². The van der Waals surface area contributed by atoms with Gasteiger partial charge in [0.1, 0.15) is 10.8 Å². The van der Waals surface area contributed by atoms with E-state index in [1.54, 1.807) is 24.6 Å². The lowest BCUT2D eigenvalue weighted by molar-refractivity contribution is 0.415. The largest absolute Gasteiger partial charge is 0.497 e. The molecule has 0 aliphatic heterocycles. The molecule has 3 aromatic heterocycles. The Bertz CT molecular complexity index is 927. The molecule has 108 valence electrons. The van der Waals surface area contributed by atoms with Gasteiger partial charge in [0.2, 0.25) is 0 Å². The third kappa shape index (κ3) is 2.16. The zero-order chi connectivity index (χ0) is 14.9. The molecular weight excluding hydrogens is 294 g/mol. The zero-order valence-corrected chi connectivity index (χ0v) is 12.7. The standard InChI is InChI=1S/C17H13N3OS/c1-21-12-4-5-15-13(7-12)14(9-19-15)16-10-22-17(20-16)11-3-2-6-18-8-11/h2-10,19H,1H3. The average molecular weight is 307 g/mol. The summed E-state index contributed by atoms with van der Waals surface area (Å²) in [5.74, 6) is 0.844. The monoisotopic (exact) mass is 307 g/mol. The summed E-state index contributed by atoms with van der Waals surface area (Å²) >= 11 is 1.62. The molecular formula is C17H13N3OS. The van der Waals surface area contributed by atoms with Crippen LogP contribution in [0.4, 0.5) is 0 Å². The van der Waals surface area contributed by atoms with Gasteiger partial charge in [-0.25, -0.2) is 4.98 Å². The molecule has 1 aromatic carbocycles. The summed E-state index contributed by atoms with van der Waals surface area (Å²) in [4.78, 5) is 12.2. The molecule has 4 nitrogen and oxygen atoms in total. The highest BCUT2D eigenvalue weighted by Crippen LogP contribution is 2.34. The van der Waals surface area contributed by atoms with Gasteiger partial charge in [0, 0.05) is 46.0 Å². The quantitative estimate of drug-likeness (QED) is 0.611. The second kappa shape index (κ2) is 5.27. The highest BCUT2D eigenvalue weighted by Gasteiger charge is 2.11. The maximum Gasteiger partial charge on any atom is 0.125 e. The second-order valence-electron chi connectivity index (χ2n) is 4.89. The van der Waals surface area contributed by atoms with Crippen LogP contribution in [0.15, 0.2) is 54.3 Å². The third-order valence-corrected chi connectivity index (χ3v) is 4.47. The van der Waals surface area contributed by atoms with E-state index in [1.165, 1.54) is 0 Å². The Kier molecular flexibility index (Phi) is 3.12. The van der Waals surface area contributed by atoms with Crippen molar-refractivity contribution >= 4 is 22.2 Å². The van der Waals surface area contributed by atoms with Crippen LogP contribution in [0.2, 0.25) is 0 Å². The van der Waals surface area contributed by atoms with E-state index in [1.807, 2.05) is 42.7 Å². The summed E-state index contributed by atoms with van der Waals surface area (Å²) in [6, 6.07) is 9.95. The minimum Gasteiger partial charge on any atom is -0.497 e. The van der Waals surface area contributed by atoms with Crippen LogP contribution in [0, 0.1) is 0 Å². The van der Waals surface area contributed by atoms with Crippen LogP contribution in [-0.2, 0) is 0 Å². The van der Waals surface area contributed by atoms with Crippen molar-refractivity contribution in [2.45, 2.75) is 0 Å². The van der Waals surface area contributed by atoms with Crippen molar-refractivity contribution in [3.8, 4) is 27.6 Å². The molecule has 0 radical (unpaired) electrons. The lowest BCUT2D eigenvalue weighted by Gasteiger charge is -2.00. The number of rotatable bonds is 3. The number of aromatic amines is 1. The van der Waals surface area contributed by atoms with Gasteiger partial charge in [-0.15, -0.1) is 11.3 Å². The van der Waals surface area contributed by atoms with Gasteiger partial charge in [0.15, 0.2) is 0 Å². The van der Waals surface area contributed by atoms with Crippen molar-refractivity contribution in [2.24, 2.45) is 0 Å². The Morgan fingerprint density at radius 1 is 1.23 bits per heavy atom. The summed E-state index contributed by atoms with van der Waals surface area (Å²) in [7, 11) is 1.68. The van der Waals surface area contributed by atoms with Gasteiger partial charge in [-0.2, -0.15) is 0 Å². The molecule has 0 aliphatic rings. The molecule has 0 fully saturated rings. The Balaban J connectivity index is 1.81. The molecule has 0 aliphatic carbocycles. The minimum atomic E-state index is 0.844. The van der Waals surface area contributed by atoms with E-state index in [0.717, 1.165) is 38.5 Å². The van der Waals surface area contributed by atoms with Crippen molar-refractivity contribution in [1.82, 2.24) is 15.0 Å². The van der Waals surface area contributed by atoms with E-state index in [4.69, 9.17) is 9.72 Å². The molecule has 0 bridgehead atoms. The molecule has 0 saturated carbocycles. The lowest BCUT2D eigenvalue weighted by atomic mass is 10.1. The summed E-state index contributed by atoms with van der Waals surface area (Å²) in [6.45, 7) is 0. The smallest absolute Gasteiger partial charge is 0.125 e. The normalized spacial score (nSPS) is 11.0. The Morgan fingerprint density at radius 2 is 2.18 bits per heavy atom. The van der Waals surface area contributed by atoms with Crippen LogP contribution in [0.3, 0.4) is 0 Å². The SMILES string of the molecule is COc1ccc2[nH]cc(-c3csc(-c4cccnc4)n3)c2c1. The fourth-order valence-corrected chi connectivity index (χ4v) is 3.27. The fraction of sp³-hybridized carbons (Fsp3) is 0.0588. The van der Waals surface area contributed by atoms with E-state index in [-0.39, 0.29) is 0 Å². The van der Waals surface area contributed by atoms with E-state index in [0.29, 0.717) is 0 Å². The average Bonchev–Trinajstić information content (AvgIpc) is 3.21. The third-order valence-electron chi connectivity index (χ3n) is 3.58. The molecule has 3 heterocycles. The van der Waals surface area contributed by atoms with Gasteiger partial charge in [-0.1, -0.05) is 0 Å². The van der Waals surface area contributed by atoms with Crippen LogP contribution >= 0.6 is 11.3 Å². The Morgan fingerprint density at radius 3 is 3.00 bits per heavy atom. The van der Waals surface area contributed by atoms with Crippen molar-refractivity contribution in [3.05, 3.63) is 54.3 Å². The summed E-state index contributed by atoms with van der Waals surface area (Å²) in [5, 5.41) is 4.16. The molecule has 5 heteroatoms. The first-order chi connectivity index (χ1) is 10.8. The first kappa shape index (κ1) is 13.0. The predicted molar refractivity (Wildman–Crippen MR) is 89.2 cm³/mol. The van der Waals surface area contributed by atoms with E-state index in [9.17, 15) is 0 Å². The minimum absolute atomic E-state index is 0.844. The van der Waals surface area contributed by atoms with Gasteiger partial charge in [0.05, 0.1) is 12.8 Å². The van der Waals surface area contributed by atoms with E-state index >= 15 is 0 Å². The number of nitrogens with one attached hydrogen (secondary N) is 1. The van der Waals surface area contributed by atoms with E-state index in [2.05, 4.69) is 15.3 Å². The number of thiazole rings is 1. The topological polar surface area (TPSA) is 50.8 Å². The molecule has 1 N–H and O–H groups in total. The van der Waals surface area contributed by atoms with Crippen molar-refractivity contribution < 1.29 is 4.74 Å². The van der Waals surface area contributed by atoms with Crippen LogP contribution in [0.1, 0.15) is 0 Å². The van der Waals surface area contributed by atoms with Crippen molar-refractivity contribution in [2.75, 3.05) is 7.11 Å². The van der Waals surface area contributed by atoms with Gasteiger partial charge in [0.25, 0.3) is 0 Å². The predicted octanol–water partition coefficient (Wildman–Crippen LogP) is 4.36. The number of pyridine rings is 1. The fourth-order valence-electron chi connectivity index (χ4n) is 2.46. The van der Waals surface area contributed by atoms with Gasteiger partial charge in [-0.3, -0.25) is 4.98 Å². The first-order valence-corrected chi connectivity index (χ1v) is 7.74. The maximum atomic E-state index is 5.32. The van der Waals surface area contributed by atoms with Crippen LogP contribution in [0.5, 0.6) is 5.75 Å². The molecule has 22 heavy (non-hydrogen) atoms. The number of hydrogen-bond donors (Lipinski definition) is 1. The first-order valence-electron chi connectivity index (χ1n) is 6.86. The highest BCUT2D eigenvalue weighted by molar-refractivity contribution is 7.13. The number of nitrogens with zero attached hydrogens (tertiary/aromatic N) is 2. The lowest BCUT2D eigenvalue weighted by Crippen LogP contribution is -1.82. The molecule has 0 saturated heterocycles. The summed E-state index contributed by atoms with van der Waals surface area (Å²) in [5.41, 5.74) is 4.16. The summed E-state index contributed by atoms with van der Waals surface area (Å²) < 4.78 is 5.32. The number of methoxy groups -OCH3 is 1. The number of hydrogen-bond acceptors (Lipinski definition) is 4. The molecule has 0 spiro atoms. The number of benzene rings is 1. The molecule has 4 rings (SSSR count). The zero-order valence-electron chi connectivity index (χ0n) is 11.9. The van der Waals surface area contributed by atoms with Crippen LogP contribution < -0.4 is 4.74 Å². The molecule has 4 aromatic rings. The number of aromatic nitrogens is 3. The van der Waals surface area contributed by atoms with Crippen LogP contribution in [-0.4, -0.2) is 22.1 Å². The number of ether oxygens (including phenoxy) is 1. The van der Waals surface area contributed by atoms with Gasteiger partial charge >= 0.3 is 0 Å². The number of H-pyrrole nitrogens is 1. The highest BCUT2D eigenvalue weighted by atomic mass is 32.1. The van der Waals surface area contributed by atoms with E-state index < -0.39 is 0 Å². The number of fused-ring (bicyclic) bond motifs is 1.